The smallest absolute Gasteiger partial charge is 0.326 e. The Labute approximate surface area is 96.9 Å². The van der Waals surface area contributed by atoms with Gasteiger partial charge in [-0.1, -0.05) is 11.3 Å². The maximum absolute atomic E-state index is 11.1. The van der Waals surface area contributed by atoms with Gasteiger partial charge in [0.25, 0.3) is 0 Å². The Balaban J connectivity index is 2.21. The Kier molecular flexibility index (Phi) is 3.06. The first kappa shape index (κ1) is 11.3. The third kappa shape index (κ3) is 2.00. The molecule has 0 amide bonds. The van der Waals surface area contributed by atoms with Crippen molar-refractivity contribution in [3.8, 4) is 0 Å². The van der Waals surface area contributed by atoms with Crippen LogP contribution in [0.2, 0.25) is 0 Å². The van der Waals surface area contributed by atoms with E-state index in [0.717, 1.165) is 5.01 Å². The lowest BCUT2D eigenvalue weighted by Crippen LogP contribution is -2.35. The van der Waals surface area contributed by atoms with E-state index in [9.17, 15) is 4.79 Å². The number of aliphatic carboxylic acids is 1. The highest BCUT2D eigenvalue weighted by Gasteiger charge is 2.38. The molecule has 1 aliphatic heterocycles. The number of aromatic nitrogens is 2. The summed E-state index contributed by atoms with van der Waals surface area (Å²) in [5.74, 6) is -0.840. The number of nitrogens with zero attached hydrogens (tertiary/aromatic N) is 3. The summed E-state index contributed by atoms with van der Waals surface area (Å²) in [4.78, 5) is 12.9. The molecule has 0 aromatic carbocycles. The third-order valence-corrected chi connectivity index (χ3v) is 3.52. The molecule has 0 radical (unpaired) electrons. The van der Waals surface area contributed by atoms with Crippen molar-refractivity contribution in [1.29, 1.82) is 0 Å². The molecule has 88 valence electrons. The summed E-state index contributed by atoms with van der Waals surface area (Å²) < 4.78 is 5.20. The number of carboxylic acids is 1. The highest BCUT2D eigenvalue weighted by atomic mass is 32.1. The van der Waals surface area contributed by atoms with Gasteiger partial charge in [0.2, 0.25) is 5.13 Å². The summed E-state index contributed by atoms with van der Waals surface area (Å²) in [5, 5.41) is 18.5. The summed E-state index contributed by atoms with van der Waals surface area (Å²) in [7, 11) is 1.60. The topological polar surface area (TPSA) is 75.6 Å². The van der Waals surface area contributed by atoms with Gasteiger partial charge in [0.05, 0.1) is 6.10 Å². The molecule has 1 fully saturated rings. The predicted octanol–water partition coefficient (Wildman–Crippen LogP) is 0.525. The fourth-order valence-electron chi connectivity index (χ4n) is 1.82. The van der Waals surface area contributed by atoms with Gasteiger partial charge in [0, 0.05) is 20.1 Å². The Morgan fingerprint density at radius 2 is 2.38 bits per heavy atom. The van der Waals surface area contributed by atoms with E-state index in [0.29, 0.717) is 18.1 Å². The lowest BCUT2D eigenvalue weighted by atomic mass is 10.2. The van der Waals surface area contributed by atoms with Crippen LogP contribution in [0.4, 0.5) is 5.13 Å². The third-order valence-electron chi connectivity index (χ3n) is 2.64. The van der Waals surface area contributed by atoms with Gasteiger partial charge in [0.15, 0.2) is 0 Å². The molecule has 2 atom stereocenters. The fraction of sp³-hybridized carbons (Fsp3) is 0.667. The summed E-state index contributed by atoms with van der Waals surface area (Å²) in [5.41, 5.74) is 0. The average molecular weight is 243 g/mol. The van der Waals surface area contributed by atoms with Crippen molar-refractivity contribution in [3.05, 3.63) is 5.01 Å². The van der Waals surface area contributed by atoms with Crippen LogP contribution in [-0.4, -0.2) is 47.1 Å². The minimum absolute atomic E-state index is 0.0506. The van der Waals surface area contributed by atoms with Gasteiger partial charge in [-0.25, -0.2) is 4.79 Å². The highest BCUT2D eigenvalue weighted by molar-refractivity contribution is 7.15. The van der Waals surface area contributed by atoms with Gasteiger partial charge in [-0.3, -0.25) is 0 Å². The van der Waals surface area contributed by atoms with Crippen molar-refractivity contribution in [3.63, 3.8) is 0 Å². The quantitative estimate of drug-likeness (QED) is 0.834. The maximum atomic E-state index is 11.1. The number of anilines is 1. The predicted molar refractivity (Wildman–Crippen MR) is 58.8 cm³/mol. The van der Waals surface area contributed by atoms with E-state index in [2.05, 4.69) is 10.2 Å². The number of carbonyl (C=O) groups is 1. The molecule has 0 aliphatic carbocycles. The highest BCUT2D eigenvalue weighted by Crippen LogP contribution is 2.29. The van der Waals surface area contributed by atoms with Crippen LogP contribution in [0.25, 0.3) is 0 Å². The second-order valence-corrected chi connectivity index (χ2v) is 4.86. The van der Waals surface area contributed by atoms with Crippen molar-refractivity contribution in [2.45, 2.75) is 25.5 Å². The zero-order chi connectivity index (χ0) is 11.7. The molecule has 1 N–H and O–H groups in total. The lowest BCUT2D eigenvalue weighted by molar-refractivity contribution is -0.138. The van der Waals surface area contributed by atoms with Crippen molar-refractivity contribution >= 4 is 22.4 Å². The van der Waals surface area contributed by atoms with Crippen LogP contribution in [0, 0.1) is 6.92 Å². The molecular formula is C9H13N3O3S. The molecule has 1 aliphatic rings. The van der Waals surface area contributed by atoms with Crippen LogP contribution in [0.3, 0.4) is 0 Å². The SMILES string of the molecule is COC1CC(C(=O)O)N(c2nnc(C)s2)C1. The van der Waals surface area contributed by atoms with E-state index in [1.807, 2.05) is 6.92 Å². The van der Waals surface area contributed by atoms with Gasteiger partial charge in [0.1, 0.15) is 11.0 Å². The minimum Gasteiger partial charge on any atom is -0.480 e. The van der Waals surface area contributed by atoms with Gasteiger partial charge in [-0.15, -0.1) is 10.2 Å². The normalized spacial score (nSPS) is 25.0. The van der Waals surface area contributed by atoms with Gasteiger partial charge in [-0.05, 0) is 6.92 Å². The molecular weight excluding hydrogens is 230 g/mol. The second kappa shape index (κ2) is 4.34. The van der Waals surface area contributed by atoms with E-state index in [-0.39, 0.29) is 6.10 Å². The molecule has 2 heterocycles. The first-order chi connectivity index (χ1) is 7.61. The molecule has 1 aromatic heterocycles. The number of hydrogen-bond donors (Lipinski definition) is 1. The summed E-state index contributed by atoms with van der Waals surface area (Å²) >= 11 is 1.40. The fourth-order valence-corrected chi connectivity index (χ4v) is 2.56. The monoisotopic (exact) mass is 243 g/mol. The largest absolute Gasteiger partial charge is 0.480 e. The average Bonchev–Trinajstić information content (AvgIpc) is 2.82. The Hall–Kier alpha value is -1.21. The van der Waals surface area contributed by atoms with Crippen LogP contribution in [0.15, 0.2) is 0 Å². The zero-order valence-electron chi connectivity index (χ0n) is 9.08. The molecule has 0 spiro atoms. The Morgan fingerprint density at radius 1 is 1.62 bits per heavy atom. The molecule has 2 rings (SSSR count). The molecule has 7 heteroatoms. The number of aryl methyl sites for hydroxylation is 1. The molecule has 2 unspecified atom stereocenters. The Bertz CT molecular complexity index is 395. The van der Waals surface area contributed by atoms with Crippen LogP contribution >= 0.6 is 11.3 Å². The molecule has 1 saturated heterocycles. The van der Waals surface area contributed by atoms with E-state index >= 15 is 0 Å². The van der Waals surface area contributed by atoms with Crippen LogP contribution in [0.1, 0.15) is 11.4 Å². The first-order valence-corrected chi connectivity index (χ1v) is 5.76. The number of methoxy groups -OCH3 is 1. The molecule has 0 bridgehead atoms. The Morgan fingerprint density at radius 3 is 2.88 bits per heavy atom. The summed E-state index contributed by atoms with van der Waals surface area (Å²) in [6, 6.07) is -0.558. The van der Waals surface area contributed by atoms with Gasteiger partial charge < -0.3 is 14.7 Å². The first-order valence-electron chi connectivity index (χ1n) is 4.94. The second-order valence-electron chi connectivity index (χ2n) is 3.70. The van der Waals surface area contributed by atoms with Crippen molar-refractivity contribution in [2.24, 2.45) is 0 Å². The van der Waals surface area contributed by atoms with E-state index in [4.69, 9.17) is 9.84 Å². The standard InChI is InChI=1S/C9H13N3O3S/c1-5-10-11-9(16-5)12-4-6(15-2)3-7(12)8(13)14/h6-7H,3-4H2,1-2H3,(H,13,14). The van der Waals surface area contributed by atoms with Crippen molar-refractivity contribution in [1.82, 2.24) is 10.2 Å². The van der Waals surface area contributed by atoms with Gasteiger partial charge in [-0.2, -0.15) is 0 Å². The van der Waals surface area contributed by atoms with E-state index in [1.165, 1.54) is 11.3 Å². The summed E-state index contributed by atoms with van der Waals surface area (Å²) in [6.07, 6.45) is 0.440. The lowest BCUT2D eigenvalue weighted by Gasteiger charge is -2.18. The van der Waals surface area contributed by atoms with E-state index in [1.54, 1.807) is 12.0 Å². The molecule has 16 heavy (non-hydrogen) atoms. The number of hydrogen-bond acceptors (Lipinski definition) is 6. The van der Waals surface area contributed by atoms with Crippen LogP contribution < -0.4 is 4.90 Å². The summed E-state index contributed by atoms with van der Waals surface area (Å²) in [6.45, 7) is 2.41. The number of rotatable bonds is 3. The molecule has 6 nitrogen and oxygen atoms in total. The number of ether oxygens (including phenoxy) is 1. The minimum atomic E-state index is -0.840. The zero-order valence-corrected chi connectivity index (χ0v) is 9.90. The van der Waals surface area contributed by atoms with Crippen molar-refractivity contribution < 1.29 is 14.6 Å². The van der Waals surface area contributed by atoms with Crippen LogP contribution in [-0.2, 0) is 9.53 Å². The van der Waals surface area contributed by atoms with Crippen molar-refractivity contribution in [2.75, 3.05) is 18.6 Å². The van der Waals surface area contributed by atoms with Gasteiger partial charge >= 0.3 is 5.97 Å². The van der Waals surface area contributed by atoms with Crippen LogP contribution in [0.5, 0.6) is 0 Å². The molecule has 1 aromatic rings. The van der Waals surface area contributed by atoms with E-state index < -0.39 is 12.0 Å². The maximum Gasteiger partial charge on any atom is 0.326 e. The number of carboxylic acid groups (broad SMARTS) is 1. The molecule has 0 saturated carbocycles.